The van der Waals surface area contributed by atoms with E-state index >= 15 is 0 Å². The number of ether oxygens (including phenoxy) is 1. The molecule has 2 aromatic carbocycles. The highest BCUT2D eigenvalue weighted by atomic mass is 79.9. The lowest BCUT2D eigenvalue weighted by Crippen LogP contribution is -2.00. The minimum atomic E-state index is 0.369. The maximum Gasteiger partial charge on any atom is 0.123 e. The van der Waals surface area contributed by atoms with E-state index in [-0.39, 0.29) is 0 Å². The van der Waals surface area contributed by atoms with Crippen molar-refractivity contribution in [2.24, 2.45) is 0 Å². The standard InChI is InChI=1S/C17H15BrClNO/c1-11(2)15-8-14(18)5-6-17(15)21-10-13-4-3-12(9-20)7-16(13)19/h3-8,11H,10H2,1-2H3. The third-order valence-electron chi connectivity index (χ3n) is 3.16. The molecule has 0 aromatic heterocycles. The summed E-state index contributed by atoms with van der Waals surface area (Å²) in [5.74, 6) is 1.22. The number of nitriles is 1. The number of benzene rings is 2. The summed E-state index contributed by atoms with van der Waals surface area (Å²) in [5.41, 5.74) is 2.57. The normalized spacial score (nSPS) is 10.5. The molecule has 2 aromatic rings. The molecule has 0 atom stereocenters. The Morgan fingerprint density at radius 1 is 1.24 bits per heavy atom. The fourth-order valence-corrected chi connectivity index (χ4v) is 2.61. The minimum Gasteiger partial charge on any atom is -0.489 e. The molecule has 21 heavy (non-hydrogen) atoms. The SMILES string of the molecule is CC(C)c1cc(Br)ccc1OCc1ccc(C#N)cc1Cl. The molecule has 108 valence electrons. The van der Waals surface area contributed by atoms with Gasteiger partial charge in [0.25, 0.3) is 0 Å². The summed E-state index contributed by atoms with van der Waals surface area (Å²) in [4.78, 5) is 0. The van der Waals surface area contributed by atoms with Crippen LogP contribution in [0.3, 0.4) is 0 Å². The second-order valence-electron chi connectivity index (χ2n) is 5.04. The molecular weight excluding hydrogens is 350 g/mol. The van der Waals surface area contributed by atoms with Crippen LogP contribution in [0.25, 0.3) is 0 Å². The average molecular weight is 365 g/mol. The van der Waals surface area contributed by atoms with E-state index in [4.69, 9.17) is 21.6 Å². The highest BCUT2D eigenvalue weighted by Gasteiger charge is 2.10. The van der Waals surface area contributed by atoms with Gasteiger partial charge in [-0.2, -0.15) is 5.26 Å². The van der Waals surface area contributed by atoms with E-state index in [1.807, 2.05) is 18.2 Å². The Bertz CT molecular complexity index is 692. The van der Waals surface area contributed by atoms with Gasteiger partial charge >= 0.3 is 0 Å². The largest absolute Gasteiger partial charge is 0.489 e. The van der Waals surface area contributed by atoms with Crippen molar-refractivity contribution < 1.29 is 4.74 Å². The van der Waals surface area contributed by atoms with Crippen LogP contribution in [0.2, 0.25) is 5.02 Å². The van der Waals surface area contributed by atoms with Crippen molar-refractivity contribution in [1.82, 2.24) is 0 Å². The molecule has 0 radical (unpaired) electrons. The molecule has 0 aliphatic heterocycles. The quantitative estimate of drug-likeness (QED) is 0.699. The summed E-state index contributed by atoms with van der Waals surface area (Å²) in [5, 5.41) is 9.39. The van der Waals surface area contributed by atoms with Crippen molar-refractivity contribution in [2.45, 2.75) is 26.4 Å². The van der Waals surface area contributed by atoms with Crippen LogP contribution in [-0.2, 0) is 6.61 Å². The molecule has 0 bridgehead atoms. The fraction of sp³-hybridized carbons (Fsp3) is 0.235. The van der Waals surface area contributed by atoms with Gasteiger partial charge < -0.3 is 4.74 Å². The topological polar surface area (TPSA) is 33.0 Å². The minimum absolute atomic E-state index is 0.369. The first-order valence-corrected chi connectivity index (χ1v) is 7.79. The fourth-order valence-electron chi connectivity index (χ4n) is 1.99. The Balaban J connectivity index is 2.19. The Kier molecular flexibility index (Phi) is 5.27. The molecule has 2 rings (SSSR count). The zero-order valence-electron chi connectivity index (χ0n) is 11.9. The van der Waals surface area contributed by atoms with Gasteiger partial charge in [0, 0.05) is 15.1 Å². The Morgan fingerprint density at radius 3 is 2.62 bits per heavy atom. The van der Waals surface area contributed by atoms with Gasteiger partial charge in [-0.3, -0.25) is 0 Å². The summed E-state index contributed by atoms with van der Waals surface area (Å²) in [6.07, 6.45) is 0. The number of nitrogens with zero attached hydrogens (tertiary/aromatic N) is 1. The summed E-state index contributed by atoms with van der Waals surface area (Å²) >= 11 is 9.64. The predicted molar refractivity (Wildman–Crippen MR) is 88.7 cm³/mol. The van der Waals surface area contributed by atoms with Crippen molar-refractivity contribution in [1.29, 1.82) is 5.26 Å². The van der Waals surface area contributed by atoms with Gasteiger partial charge in [0.1, 0.15) is 12.4 Å². The summed E-state index contributed by atoms with van der Waals surface area (Å²) < 4.78 is 6.94. The van der Waals surface area contributed by atoms with Crippen LogP contribution >= 0.6 is 27.5 Å². The first kappa shape index (κ1) is 15.9. The molecule has 0 unspecified atom stereocenters. The van der Waals surface area contributed by atoms with Gasteiger partial charge in [0.05, 0.1) is 11.6 Å². The van der Waals surface area contributed by atoms with Crippen molar-refractivity contribution in [2.75, 3.05) is 0 Å². The molecule has 0 amide bonds. The molecule has 2 nitrogen and oxygen atoms in total. The molecular formula is C17H15BrClNO. The van der Waals surface area contributed by atoms with E-state index in [1.54, 1.807) is 12.1 Å². The number of hydrogen-bond acceptors (Lipinski definition) is 2. The van der Waals surface area contributed by atoms with E-state index in [9.17, 15) is 0 Å². The van der Waals surface area contributed by atoms with Crippen LogP contribution in [0.15, 0.2) is 40.9 Å². The molecule has 0 saturated heterocycles. The van der Waals surface area contributed by atoms with Crippen LogP contribution in [0, 0.1) is 11.3 Å². The first-order valence-electron chi connectivity index (χ1n) is 6.62. The third kappa shape index (κ3) is 4.00. The van der Waals surface area contributed by atoms with E-state index in [0.717, 1.165) is 21.3 Å². The lowest BCUT2D eigenvalue weighted by atomic mass is 10.0. The number of halogens is 2. The Labute approximate surface area is 138 Å². The molecule has 0 saturated carbocycles. The lowest BCUT2D eigenvalue weighted by molar-refractivity contribution is 0.302. The van der Waals surface area contributed by atoms with Crippen LogP contribution in [0.5, 0.6) is 5.75 Å². The van der Waals surface area contributed by atoms with E-state index in [1.165, 1.54) is 0 Å². The zero-order valence-corrected chi connectivity index (χ0v) is 14.2. The molecule has 4 heteroatoms. The van der Waals surface area contributed by atoms with Crippen molar-refractivity contribution in [3.05, 3.63) is 62.6 Å². The highest BCUT2D eigenvalue weighted by molar-refractivity contribution is 9.10. The Hall–Kier alpha value is -1.50. The van der Waals surface area contributed by atoms with E-state index < -0.39 is 0 Å². The van der Waals surface area contributed by atoms with Crippen molar-refractivity contribution >= 4 is 27.5 Å². The summed E-state index contributed by atoms with van der Waals surface area (Å²) in [6, 6.07) is 13.3. The Morgan fingerprint density at radius 2 is 2.00 bits per heavy atom. The monoisotopic (exact) mass is 363 g/mol. The molecule has 0 spiro atoms. The van der Waals surface area contributed by atoms with Crippen LogP contribution < -0.4 is 4.74 Å². The zero-order chi connectivity index (χ0) is 15.4. The molecule has 0 heterocycles. The van der Waals surface area contributed by atoms with Crippen molar-refractivity contribution in [3.63, 3.8) is 0 Å². The maximum absolute atomic E-state index is 8.84. The summed E-state index contributed by atoms with van der Waals surface area (Å²) in [6.45, 7) is 4.64. The van der Waals surface area contributed by atoms with E-state index in [0.29, 0.717) is 23.1 Å². The van der Waals surface area contributed by atoms with Gasteiger partial charge in [-0.25, -0.2) is 0 Å². The third-order valence-corrected chi connectivity index (χ3v) is 4.00. The van der Waals surface area contributed by atoms with Crippen molar-refractivity contribution in [3.8, 4) is 11.8 Å². The molecule has 0 fully saturated rings. The average Bonchev–Trinajstić information content (AvgIpc) is 2.46. The molecule has 0 aliphatic rings. The van der Waals surface area contributed by atoms with Crippen LogP contribution in [0.4, 0.5) is 0 Å². The van der Waals surface area contributed by atoms with Crippen LogP contribution in [0.1, 0.15) is 36.5 Å². The second-order valence-corrected chi connectivity index (χ2v) is 6.37. The van der Waals surface area contributed by atoms with E-state index in [2.05, 4.69) is 41.9 Å². The van der Waals surface area contributed by atoms with Gasteiger partial charge in [0.2, 0.25) is 0 Å². The number of hydrogen-bond donors (Lipinski definition) is 0. The second kappa shape index (κ2) is 6.98. The first-order chi connectivity index (χ1) is 10.0. The molecule has 0 N–H and O–H groups in total. The highest BCUT2D eigenvalue weighted by Crippen LogP contribution is 2.30. The summed E-state index contributed by atoms with van der Waals surface area (Å²) in [7, 11) is 0. The number of rotatable bonds is 4. The van der Waals surface area contributed by atoms with Gasteiger partial charge in [-0.1, -0.05) is 47.4 Å². The molecule has 0 aliphatic carbocycles. The van der Waals surface area contributed by atoms with Gasteiger partial charge in [-0.15, -0.1) is 0 Å². The lowest BCUT2D eigenvalue weighted by Gasteiger charge is -2.15. The van der Waals surface area contributed by atoms with Crippen LogP contribution in [-0.4, -0.2) is 0 Å². The smallest absolute Gasteiger partial charge is 0.123 e. The maximum atomic E-state index is 8.84. The predicted octanol–water partition coefficient (Wildman–Crippen LogP) is 5.68. The van der Waals surface area contributed by atoms with Gasteiger partial charge in [0.15, 0.2) is 0 Å². The van der Waals surface area contributed by atoms with Gasteiger partial charge in [-0.05, 0) is 41.8 Å².